The standard InChI is InChI=1S/C20H22N4O2/c1-2-8-21-17(5-1)20-22-10-15-12-24(9-7-16(15)23-20)11-14-4-3-6-18-19(14)26-13-25-18/h3-4,6,10H,1-2,5,7-9,11-13H2. The van der Waals surface area contributed by atoms with Crippen molar-refractivity contribution in [3.05, 3.63) is 47.0 Å². The van der Waals surface area contributed by atoms with E-state index >= 15 is 0 Å². The molecule has 0 saturated carbocycles. The van der Waals surface area contributed by atoms with Crippen molar-refractivity contribution in [2.75, 3.05) is 19.9 Å². The molecule has 1 aromatic heterocycles. The molecule has 6 heteroatoms. The second kappa shape index (κ2) is 6.68. The van der Waals surface area contributed by atoms with Gasteiger partial charge in [-0.1, -0.05) is 12.1 Å². The number of fused-ring (bicyclic) bond motifs is 2. The van der Waals surface area contributed by atoms with Crippen LogP contribution in [0, 0.1) is 0 Å². The Hall–Kier alpha value is -2.47. The third-order valence-corrected chi connectivity index (χ3v) is 5.27. The minimum absolute atomic E-state index is 0.315. The Labute approximate surface area is 152 Å². The molecule has 26 heavy (non-hydrogen) atoms. The number of benzene rings is 1. The minimum Gasteiger partial charge on any atom is -0.454 e. The highest BCUT2D eigenvalue weighted by Gasteiger charge is 2.23. The zero-order chi connectivity index (χ0) is 17.3. The molecule has 0 fully saturated rings. The molecule has 0 amide bonds. The van der Waals surface area contributed by atoms with Gasteiger partial charge in [0.15, 0.2) is 17.3 Å². The Morgan fingerprint density at radius 3 is 3.04 bits per heavy atom. The summed E-state index contributed by atoms with van der Waals surface area (Å²) in [6, 6.07) is 6.10. The van der Waals surface area contributed by atoms with Crippen molar-refractivity contribution >= 4 is 5.71 Å². The van der Waals surface area contributed by atoms with Gasteiger partial charge in [0.2, 0.25) is 6.79 Å². The molecule has 0 radical (unpaired) electrons. The predicted octanol–water partition coefficient (Wildman–Crippen LogP) is 2.74. The van der Waals surface area contributed by atoms with Crippen LogP contribution in [0.3, 0.4) is 0 Å². The van der Waals surface area contributed by atoms with Crippen LogP contribution >= 0.6 is 0 Å². The van der Waals surface area contributed by atoms with Crippen molar-refractivity contribution < 1.29 is 9.47 Å². The third kappa shape index (κ3) is 2.94. The summed E-state index contributed by atoms with van der Waals surface area (Å²) in [5, 5.41) is 0. The smallest absolute Gasteiger partial charge is 0.231 e. The van der Waals surface area contributed by atoms with E-state index < -0.39 is 0 Å². The zero-order valence-corrected chi connectivity index (χ0v) is 14.8. The van der Waals surface area contributed by atoms with E-state index in [1.165, 1.54) is 29.7 Å². The molecular formula is C20H22N4O2. The molecule has 3 aliphatic rings. The molecule has 1 aromatic carbocycles. The van der Waals surface area contributed by atoms with Crippen LogP contribution in [-0.4, -0.2) is 40.5 Å². The quantitative estimate of drug-likeness (QED) is 0.852. The lowest BCUT2D eigenvalue weighted by Crippen LogP contribution is -2.31. The van der Waals surface area contributed by atoms with E-state index in [-0.39, 0.29) is 0 Å². The fraction of sp³-hybridized carbons (Fsp3) is 0.450. The summed E-state index contributed by atoms with van der Waals surface area (Å²) in [4.78, 5) is 16.5. The first-order valence-corrected chi connectivity index (χ1v) is 9.35. The summed E-state index contributed by atoms with van der Waals surface area (Å²) in [5.41, 5.74) is 4.66. The Bertz CT molecular complexity index is 865. The van der Waals surface area contributed by atoms with E-state index in [9.17, 15) is 0 Å². The number of hydrogen-bond acceptors (Lipinski definition) is 6. The molecule has 134 valence electrons. The van der Waals surface area contributed by atoms with Crippen LogP contribution in [0.1, 0.15) is 41.9 Å². The molecule has 0 N–H and O–H groups in total. The molecule has 5 rings (SSSR count). The van der Waals surface area contributed by atoms with Crippen molar-refractivity contribution in [3.63, 3.8) is 0 Å². The van der Waals surface area contributed by atoms with Gasteiger partial charge in [-0.15, -0.1) is 0 Å². The van der Waals surface area contributed by atoms with E-state index in [2.05, 4.69) is 20.9 Å². The molecule has 2 aromatic rings. The van der Waals surface area contributed by atoms with Gasteiger partial charge in [-0.3, -0.25) is 9.89 Å². The normalized spacial score (nSPS) is 19.2. The van der Waals surface area contributed by atoms with Crippen molar-refractivity contribution in [3.8, 4) is 11.5 Å². The number of rotatable bonds is 3. The summed E-state index contributed by atoms with van der Waals surface area (Å²) in [6.45, 7) is 3.93. The molecule has 0 saturated heterocycles. The summed E-state index contributed by atoms with van der Waals surface area (Å²) >= 11 is 0. The maximum absolute atomic E-state index is 5.64. The van der Waals surface area contributed by atoms with E-state index in [1.54, 1.807) is 0 Å². The lowest BCUT2D eigenvalue weighted by Gasteiger charge is -2.28. The Morgan fingerprint density at radius 2 is 2.12 bits per heavy atom. The van der Waals surface area contributed by atoms with E-state index in [4.69, 9.17) is 14.5 Å². The molecule has 0 atom stereocenters. The molecular weight excluding hydrogens is 328 g/mol. The van der Waals surface area contributed by atoms with Crippen LogP contribution in [0.15, 0.2) is 29.4 Å². The molecule has 6 nitrogen and oxygen atoms in total. The van der Waals surface area contributed by atoms with Gasteiger partial charge < -0.3 is 9.47 Å². The van der Waals surface area contributed by atoms with Gasteiger partial charge in [0.25, 0.3) is 0 Å². The average Bonchev–Trinajstić information content (AvgIpc) is 3.18. The van der Waals surface area contributed by atoms with Crippen molar-refractivity contribution in [1.29, 1.82) is 0 Å². The molecule has 0 unspecified atom stereocenters. The van der Waals surface area contributed by atoms with E-state index in [1.807, 2.05) is 18.3 Å². The van der Waals surface area contributed by atoms with Gasteiger partial charge in [0, 0.05) is 49.9 Å². The maximum atomic E-state index is 5.64. The number of nitrogens with zero attached hydrogens (tertiary/aromatic N) is 4. The minimum atomic E-state index is 0.315. The number of aliphatic imine (C=N–C) groups is 1. The maximum Gasteiger partial charge on any atom is 0.231 e. The van der Waals surface area contributed by atoms with Crippen molar-refractivity contribution in [2.24, 2.45) is 4.99 Å². The Balaban J connectivity index is 1.33. The highest BCUT2D eigenvalue weighted by Crippen LogP contribution is 2.36. The predicted molar refractivity (Wildman–Crippen MR) is 97.7 cm³/mol. The number of hydrogen-bond donors (Lipinski definition) is 0. The lowest BCUT2D eigenvalue weighted by atomic mass is 10.0. The second-order valence-corrected chi connectivity index (χ2v) is 7.06. The Morgan fingerprint density at radius 1 is 1.12 bits per heavy atom. The number of ether oxygens (including phenoxy) is 2. The zero-order valence-electron chi connectivity index (χ0n) is 14.8. The summed E-state index contributed by atoms with van der Waals surface area (Å²) in [7, 11) is 0. The molecule has 3 aliphatic heterocycles. The fourth-order valence-corrected chi connectivity index (χ4v) is 3.88. The number of para-hydroxylation sites is 1. The fourth-order valence-electron chi connectivity index (χ4n) is 3.88. The lowest BCUT2D eigenvalue weighted by molar-refractivity contribution is 0.171. The van der Waals surface area contributed by atoms with Crippen molar-refractivity contribution in [2.45, 2.75) is 38.8 Å². The topological polar surface area (TPSA) is 59.8 Å². The Kier molecular flexibility index (Phi) is 4.05. The summed E-state index contributed by atoms with van der Waals surface area (Å²) < 4.78 is 11.1. The monoisotopic (exact) mass is 350 g/mol. The summed E-state index contributed by atoms with van der Waals surface area (Å²) in [5.74, 6) is 2.57. The SMILES string of the molecule is c1cc(CN2CCc3nc(C4=NCCCC4)ncc3C2)c2c(c1)OCO2. The first-order chi connectivity index (χ1) is 12.9. The first kappa shape index (κ1) is 15.8. The van der Waals surface area contributed by atoms with Crippen LogP contribution in [-0.2, 0) is 19.5 Å². The van der Waals surface area contributed by atoms with E-state index in [0.29, 0.717) is 6.79 Å². The van der Waals surface area contributed by atoms with Gasteiger partial charge in [-0.25, -0.2) is 9.97 Å². The average molecular weight is 350 g/mol. The van der Waals surface area contributed by atoms with Crippen molar-refractivity contribution in [1.82, 2.24) is 14.9 Å². The van der Waals surface area contributed by atoms with Gasteiger partial charge in [0.05, 0.1) is 11.4 Å². The van der Waals surface area contributed by atoms with Crippen LogP contribution in [0.25, 0.3) is 0 Å². The van der Waals surface area contributed by atoms with E-state index in [0.717, 1.165) is 62.1 Å². The third-order valence-electron chi connectivity index (χ3n) is 5.27. The number of aromatic nitrogens is 2. The summed E-state index contributed by atoms with van der Waals surface area (Å²) in [6.07, 6.45) is 6.33. The van der Waals surface area contributed by atoms with Gasteiger partial charge in [-0.2, -0.15) is 0 Å². The van der Waals surface area contributed by atoms with Crippen LogP contribution < -0.4 is 9.47 Å². The largest absolute Gasteiger partial charge is 0.454 e. The first-order valence-electron chi connectivity index (χ1n) is 9.35. The second-order valence-electron chi connectivity index (χ2n) is 7.06. The van der Waals surface area contributed by atoms with Gasteiger partial charge in [0.1, 0.15) is 0 Å². The highest BCUT2D eigenvalue weighted by molar-refractivity contribution is 5.97. The van der Waals surface area contributed by atoms with Crippen LogP contribution in [0.5, 0.6) is 11.5 Å². The highest BCUT2D eigenvalue weighted by atomic mass is 16.7. The molecule has 0 bridgehead atoms. The molecule has 0 spiro atoms. The molecule has 4 heterocycles. The van der Waals surface area contributed by atoms with Gasteiger partial charge in [-0.05, 0) is 25.3 Å². The van der Waals surface area contributed by atoms with Gasteiger partial charge >= 0.3 is 0 Å². The van der Waals surface area contributed by atoms with Crippen LogP contribution in [0.4, 0.5) is 0 Å². The van der Waals surface area contributed by atoms with Crippen LogP contribution in [0.2, 0.25) is 0 Å². The molecule has 0 aliphatic carbocycles.